The van der Waals surface area contributed by atoms with Gasteiger partial charge in [0.05, 0.1) is 40.1 Å². The molecule has 7 rings (SSSR count). The van der Waals surface area contributed by atoms with Gasteiger partial charge < -0.3 is 10.3 Å². The molecule has 7 aromatic rings. The van der Waals surface area contributed by atoms with Crippen LogP contribution in [0.4, 0.5) is 8.78 Å². The molecule has 0 saturated heterocycles. The number of aromatic nitrogens is 7. The van der Waals surface area contributed by atoms with Crippen LogP contribution >= 0.6 is 0 Å². The van der Waals surface area contributed by atoms with E-state index in [1.807, 2.05) is 36.4 Å². The molecule has 47 heavy (non-hydrogen) atoms. The van der Waals surface area contributed by atoms with Crippen molar-refractivity contribution in [3.8, 4) is 33.9 Å². The molecule has 0 unspecified atom stereocenters. The number of nitrogens with one attached hydrogen (secondary N) is 3. The monoisotopic (exact) mass is 650 g/mol. The maximum Gasteiger partial charge on any atom is 0.161 e. The summed E-state index contributed by atoms with van der Waals surface area (Å²) in [6, 6.07) is 16.3. The SMILES string of the molecule is CS(=O)(=O)CCc1cc(F)cc(-c2cncc3[nH]c(-c4n[nH]c5cnc(-c6cncc(CNCc7ccccc7)c6)c(F)c45)nc23)c1. The van der Waals surface area contributed by atoms with Gasteiger partial charge in [-0.3, -0.25) is 20.1 Å². The fourth-order valence-corrected chi connectivity index (χ4v) is 6.13. The van der Waals surface area contributed by atoms with Gasteiger partial charge in [-0.05, 0) is 46.9 Å². The Morgan fingerprint density at radius 1 is 0.809 bits per heavy atom. The highest BCUT2D eigenvalue weighted by molar-refractivity contribution is 7.90. The molecule has 0 aliphatic rings. The van der Waals surface area contributed by atoms with Gasteiger partial charge in [-0.15, -0.1) is 0 Å². The Hall–Kier alpha value is -5.40. The molecule has 0 aliphatic carbocycles. The minimum atomic E-state index is -3.23. The van der Waals surface area contributed by atoms with Gasteiger partial charge in [0, 0.05) is 49.1 Å². The van der Waals surface area contributed by atoms with Crippen LogP contribution < -0.4 is 5.32 Å². The van der Waals surface area contributed by atoms with Crippen molar-refractivity contribution < 1.29 is 17.2 Å². The number of halogens is 2. The topological polar surface area (TPSA) is 142 Å². The largest absolute Gasteiger partial charge is 0.335 e. The molecule has 0 fully saturated rings. The first-order valence-corrected chi connectivity index (χ1v) is 16.8. The molecule has 5 heterocycles. The first-order chi connectivity index (χ1) is 22.7. The van der Waals surface area contributed by atoms with E-state index in [0.717, 1.165) is 17.4 Å². The number of hydrogen-bond acceptors (Lipinski definition) is 8. The van der Waals surface area contributed by atoms with Crippen LogP contribution in [-0.2, 0) is 29.3 Å². The molecule has 5 aromatic heterocycles. The number of hydrogen-bond donors (Lipinski definition) is 3. The summed E-state index contributed by atoms with van der Waals surface area (Å²) in [7, 11) is -3.23. The van der Waals surface area contributed by atoms with Crippen molar-refractivity contribution in [1.82, 2.24) is 40.4 Å². The quantitative estimate of drug-likeness (QED) is 0.169. The zero-order valence-corrected chi connectivity index (χ0v) is 25.9. The van der Waals surface area contributed by atoms with Crippen molar-refractivity contribution >= 4 is 31.8 Å². The Balaban J connectivity index is 1.22. The lowest BCUT2D eigenvalue weighted by atomic mass is 10.0. The van der Waals surface area contributed by atoms with Gasteiger partial charge in [0.25, 0.3) is 0 Å². The molecule has 0 spiro atoms. The molecule has 3 N–H and O–H groups in total. The third kappa shape index (κ3) is 6.48. The van der Waals surface area contributed by atoms with E-state index >= 15 is 4.39 Å². The van der Waals surface area contributed by atoms with Gasteiger partial charge >= 0.3 is 0 Å². The fraction of sp³-hybridized carbons (Fsp3) is 0.147. The number of pyridine rings is 3. The minimum absolute atomic E-state index is 0.106. The highest BCUT2D eigenvalue weighted by atomic mass is 32.2. The Morgan fingerprint density at radius 2 is 1.60 bits per heavy atom. The summed E-state index contributed by atoms with van der Waals surface area (Å²) < 4.78 is 54.3. The summed E-state index contributed by atoms with van der Waals surface area (Å²) in [4.78, 5) is 20.9. The molecule has 10 nitrogen and oxygen atoms in total. The van der Waals surface area contributed by atoms with Crippen LogP contribution in [0, 0.1) is 11.6 Å². The smallest absolute Gasteiger partial charge is 0.161 e. The second-order valence-electron chi connectivity index (χ2n) is 11.3. The Labute approximate surface area is 268 Å². The van der Waals surface area contributed by atoms with Crippen molar-refractivity contribution in [1.29, 1.82) is 0 Å². The third-order valence-electron chi connectivity index (χ3n) is 7.76. The third-order valence-corrected chi connectivity index (χ3v) is 8.71. The van der Waals surface area contributed by atoms with Crippen LogP contribution in [0.15, 0.2) is 85.6 Å². The standard InChI is InChI=1S/C34H28F2N8O2S/c1-47(45,46)8-7-21-9-23(12-25(35)11-21)26-17-39-18-28-32(26)42-34(41-28)33-29-27(43-44-33)19-40-31(30(29)36)24-10-22(15-38-16-24)14-37-13-20-5-3-2-4-6-20/h2-6,9-12,15-19,37H,7-8,13-14H2,1H3,(H,41,42)(H,43,44). The van der Waals surface area contributed by atoms with Gasteiger partial charge in [-0.2, -0.15) is 5.10 Å². The van der Waals surface area contributed by atoms with E-state index in [1.54, 1.807) is 30.9 Å². The van der Waals surface area contributed by atoms with Crippen LogP contribution in [0.2, 0.25) is 0 Å². The zero-order valence-electron chi connectivity index (χ0n) is 25.1. The average molecular weight is 651 g/mol. The van der Waals surface area contributed by atoms with Crippen LogP contribution in [0.1, 0.15) is 16.7 Å². The highest BCUT2D eigenvalue weighted by Gasteiger charge is 2.22. The molecular weight excluding hydrogens is 622 g/mol. The number of nitrogens with zero attached hydrogens (tertiary/aromatic N) is 5. The number of imidazole rings is 1. The number of aromatic amines is 2. The van der Waals surface area contributed by atoms with E-state index in [0.29, 0.717) is 51.9 Å². The van der Waals surface area contributed by atoms with Gasteiger partial charge in [-0.25, -0.2) is 22.2 Å². The number of fused-ring (bicyclic) bond motifs is 2. The van der Waals surface area contributed by atoms with E-state index in [4.69, 9.17) is 4.98 Å². The van der Waals surface area contributed by atoms with E-state index in [9.17, 15) is 12.8 Å². The lowest BCUT2D eigenvalue weighted by molar-refractivity contribution is 0.600. The lowest BCUT2D eigenvalue weighted by Crippen LogP contribution is -2.12. The zero-order chi connectivity index (χ0) is 32.5. The van der Waals surface area contributed by atoms with Crippen LogP contribution in [0.5, 0.6) is 0 Å². The number of benzene rings is 2. The van der Waals surface area contributed by atoms with Gasteiger partial charge in [-0.1, -0.05) is 36.4 Å². The molecular formula is C34H28F2N8O2S. The van der Waals surface area contributed by atoms with Crippen LogP contribution in [0.3, 0.4) is 0 Å². The molecule has 0 bridgehead atoms. The van der Waals surface area contributed by atoms with E-state index < -0.39 is 21.5 Å². The number of sulfone groups is 1. The Kier molecular flexibility index (Phi) is 8.00. The maximum atomic E-state index is 16.3. The van der Waals surface area contributed by atoms with Crippen molar-refractivity contribution in [2.45, 2.75) is 19.5 Å². The molecule has 0 atom stereocenters. The average Bonchev–Trinajstić information content (AvgIpc) is 3.69. The summed E-state index contributed by atoms with van der Waals surface area (Å²) in [6.45, 7) is 1.22. The molecule has 0 amide bonds. The van der Waals surface area contributed by atoms with E-state index in [-0.39, 0.29) is 34.8 Å². The molecule has 13 heteroatoms. The van der Waals surface area contributed by atoms with Crippen LogP contribution in [0.25, 0.3) is 55.8 Å². The number of rotatable bonds is 10. The van der Waals surface area contributed by atoms with Crippen molar-refractivity contribution in [2.75, 3.05) is 12.0 Å². The van der Waals surface area contributed by atoms with E-state index in [2.05, 4.69) is 35.5 Å². The van der Waals surface area contributed by atoms with Crippen LogP contribution in [-0.4, -0.2) is 55.5 Å². The van der Waals surface area contributed by atoms with Crippen molar-refractivity contribution in [2.24, 2.45) is 0 Å². The summed E-state index contributed by atoms with van der Waals surface area (Å²) in [6.07, 6.45) is 9.25. The maximum absolute atomic E-state index is 16.3. The summed E-state index contributed by atoms with van der Waals surface area (Å²) in [5.41, 5.74) is 5.84. The molecule has 0 aliphatic heterocycles. The predicted molar refractivity (Wildman–Crippen MR) is 176 cm³/mol. The second kappa shape index (κ2) is 12.4. The van der Waals surface area contributed by atoms with Gasteiger partial charge in [0.2, 0.25) is 0 Å². The first kappa shape index (κ1) is 30.3. The molecule has 236 valence electrons. The fourth-order valence-electron chi connectivity index (χ4n) is 5.52. The first-order valence-electron chi connectivity index (χ1n) is 14.7. The number of aryl methyl sites for hydroxylation is 1. The predicted octanol–water partition coefficient (Wildman–Crippen LogP) is 5.78. The normalized spacial score (nSPS) is 11.9. The Morgan fingerprint density at radius 3 is 2.43 bits per heavy atom. The summed E-state index contributed by atoms with van der Waals surface area (Å²) >= 11 is 0. The Bertz CT molecular complexity index is 2360. The lowest BCUT2D eigenvalue weighted by Gasteiger charge is -2.08. The van der Waals surface area contributed by atoms with Crippen molar-refractivity contribution in [3.63, 3.8) is 0 Å². The van der Waals surface area contributed by atoms with Gasteiger partial charge in [0.15, 0.2) is 11.6 Å². The van der Waals surface area contributed by atoms with E-state index in [1.165, 1.54) is 18.3 Å². The number of H-pyrrole nitrogens is 2. The minimum Gasteiger partial charge on any atom is -0.335 e. The summed E-state index contributed by atoms with van der Waals surface area (Å²) in [5, 5.41) is 10.8. The van der Waals surface area contributed by atoms with Gasteiger partial charge in [0.1, 0.15) is 27.0 Å². The van der Waals surface area contributed by atoms with Crippen molar-refractivity contribution in [3.05, 3.63) is 114 Å². The summed E-state index contributed by atoms with van der Waals surface area (Å²) in [5.74, 6) is -0.917. The molecule has 2 aromatic carbocycles. The highest BCUT2D eigenvalue weighted by Crippen LogP contribution is 2.34. The molecule has 0 radical (unpaired) electrons. The second-order valence-corrected chi connectivity index (χ2v) is 13.6. The molecule has 0 saturated carbocycles.